The Labute approximate surface area is 264 Å². The third-order valence-electron chi connectivity index (χ3n) is 8.74. The zero-order chi connectivity index (χ0) is 31.6. The summed E-state index contributed by atoms with van der Waals surface area (Å²) in [5.74, 6) is 0.963. The molecule has 0 bridgehead atoms. The predicted octanol–water partition coefficient (Wildman–Crippen LogP) is 6.48. The van der Waals surface area contributed by atoms with Crippen LogP contribution in [0.25, 0.3) is 17.1 Å². The lowest BCUT2D eigenvalue weighted by atomic mass is 9.87. The average Bonchev–Trinajstić information content (AvgIpc) is 3.44. The normalized spacial score (nSPS) is 17.9. The van der Waals surface area contributed by atoms with Gasteiger partial charge in [0.2, 0.25) is 5.88 Å². The zero-order valence-corrected chi connectivity index (χ0v) is 26.6. The molecule has 4 heterocycles. The van der Waals surface area contributed by atoms with Crippen molar-refractivity contribution in [2.45, 2.75) is 65.7 Å². The van der Waals surface area contributed by atoms with Crippen LogP contribution in [0.1, 0.15) is 66.2 Å². The monoisotopic (exact) mass is 610 g/mol. The summed E-state index contributed by atoms with van der Waals surface area (Å²) in [6.45, 7) is 13.1. The molecule has 6 rings (SSSR count). The van der Waals surface area contributed by atoms with E-state index >= 15 is 0 Å². The van der Waals surface area contributed by atoms with E-state index < -0.39 is 5.97 Å². The fourth-order valence-corrected chi connectivity index (χ4v) is 6.60. The van der Waals surface area contributed by atoms with Crippen LogP contribution in [0.2, 0.25) is 0 Å². The number of nitrogens with zero attached hydrogens (tertiary/aromatic N) is 4. The standard InChI is InChI=1S/C36H42N4O5/c1-5-43-34-30(35(41)42)20-37-40(34)32-11-7-10-31(38-32)29-9-6-8-24(2)33(29)44-23-25-12-13-28-22-39(16-14-27(28)18-25)21-26-15-17-45-36(3,4)19-26/h6-13,18,20,26H,5,14-17,19,21-23H2,1-4H3,(H,41,42). The van der Waals surface area contributed by atoms with Crippen molar-refractivity contribution in [3.05, 3.63) is 88.6 Å². The van der Waals surface area contributed by atoms with Crippen molar-refractivity contribution in [1.82, 2.24) is 19.7 Å². The van der Waals surface area contributed by atoms with Gasteiger partial charge in [-0.05, 0) is 93.3 Å². The summed E-state index contributed by atoms with van der Waals surface area (Å²) in [5, 5.41) is 13.8. The topological polar surface area (TPSA) is 98.9 Å². The van der Waals surface area contributed by atoms with Gasteiger partial charge in [-0.1, -0.05) is 36.4 Å². The van der Waals surface area contributed by atoms with Gasteiger partial charge in [0.15, 0.2) is 5.82 Å². The molecule has 0 radical (unpaired) electrons. The third kappa shape index (κ3) is 6.89. The molecule has 236 valence electrons. The number of para-hydroxylation sites is 1. The van der Waals surface area contributed by atoms with Crippen molar-refractivity contribution < 1.29 is 24.1 Å². The van der Waals surface area contributed by atoms with E-state index in [1.807, 2.05) is 37.3 Å². The van der Waals surface area contributed by atoms with Crippen molar-refractivity contribution in [2.75, 3.05) is 26.3 Å². The molecule has 0 amide bonds. The molecule has 1 unspecified atom stereocenters. The predicted molar refractivity (Wildman–Crippen MR) is 172 cm³/mol. The zero-order valence-electron chi connectivity index (χ0n) is 26.6. The highest BCUT2D eigenvalue weighted by Crippen LogP contribution is 2.34. The summed E-state index contributed by atoms with van der Waals surface area (Å²) in [6.07, 6.45) is 4.60. The second-order valence-corrected chi connectivity index (χ2v) is 12.7. The van der Waals surface area contributed by atoms with E-state index in [0.29, 0.717) is 30.6 Å². The number of carbonyl (C=O) groups is 1. The van der Waals surface area contributed by atoms with E-state index in [1.165, 1.54) is 22.0 Å². The van der Waals surface area contributed by atoms with Gasteiger partial charge in [-0.15, -0.1) is 0 Å². The van der Waals surface area contributed by atoms with Gasteiger partial charge in [0, 0.05) is 31.8 Å². The minimum atomic E-state index is -1.10. The molecule has 0 saturated carbocycles. The SMILES string of the molecule is CCOc1c(C(=O)O)cnn1-c1cccc(-c2cccc(C)c2OCc2ccc3c(c2)CCN(CC2CCOC(C)(C)C2)C3)n1. The summed E-state index contributed by atoms with van der Waals surface area (Å²) in [7, 11) is 0. The molecule has 9 nitrogen and oxygen atoms in total. The van der Waals surface area contributed by atoms with Gasteiger partial charge in [-0.25, -0.2) is 9.78 Å². The minimum Gasteiger partial charge on any atom is -0.488 e. The van der Waals surface area contributed by atoms with Crippen LogP contribution in [-0.2, 0) is 24.3 Å². The van der Waals surface area contributed by atoms with Crippen LogP contribution in [0.5, 0.6) is 11.6 Å². The van der Waals surface area contributed by atoms with Gasteiger partial charge >= 0.3 is 5.97 Å². The quantitative estimate of drug-likeness (QED) is 0.218. The lowest BCUT2D eigenvalue weighted by Gasteiger charge is -2.39. The van der Waals surface area contributed by atoms with Crippen LogP contribution in [0.4, 0.5) is 0 Å². The second-order valence-electron chi connectivity index (χ2n) is 12.7. The Kier molecular flexibility index (Phi) is 8.92. The fourth-order valence-electron chi connectivity index (χ4n) is 6.60. The maximum Gasteiger partial charge on any atom is 0.342 e. The maximum atomic E-state index is 11.7. The van der Waals surface area contributed by atoms with Gasteiger partial charge in [-0.3, -0.25) is 4.90 Å². The number of ether oxygens (including phenoxy) is 3. The third-order valence-corrected chi connectivity index (χ3v) is 8.74. The molecule has 2 aliphatic rings. The number of fused-ring (bicyclic) bond motifs is 1. The van der Waals surface area contributed by atoms with Crippen molar-refractivity contribution in [2.24, 2.45) is 5.92 Å². The Hall–Kier alpha value is -4.21. The maximum absolute atomic E-state index is 11.7. The van der Waals surface area contributed by atoms with Crippen LogP contribution in [0.15, 0.2) is 60.8 Å². The molecule has 2 aromatic heterocycles. The summed E-state index contributed by atoms with van der Waals surface area (Å²) < 4.78 is 19.5. The van der Waals surface area contributed by atoms with Crippen molar-refractivity contribution in [3.63, 3.8) is 0 Å². The number of hydrogen-bond donors (Lipinski definition) is 1. The number of benzene rings is 2. The van der Waals surface area contributed by atoms with Crippen LogP contribution in [-0.4, -0.2) is 62.6 Å². The molecule has 45 heavy (non-hydrogen) atoms. The summed E-state index contributed by atoms with van der Waals surface area (Å²) in [4.78, 5) is 19.2. The number of pyridine rings is 1. The molecule has 4 aromatic rings. The van der Waals surface area contributed by atoms with E-state index in [4.69, 9.17) is 19.2 Å². The molecule has 0 aliphatic carbocycles. The first-order valence-corrected chi connectivity index (χ1v) is 15.8. The molecule has 0 spiro atoms. The highest BCUT2D eigenvalue weighted by molar-refractivity contribution is 5.90. The highest BCUT2D eigenvalue weighted by Gasteiger charge is 2.30. The molecule has 2 aliphatic heterocycles. The lowest BCUT2D eigenvalue weighted by molar-refractivity contribution is -0.0773. The fraction of sp³-hybridized carbons (Fsp3) is 0.417. The number of carboxylic acid groups (broad SMARTS) is 1. The van der Waals surface area contributed by atoms with Gasteiger partial charge in [0.05, 0.1) is 24.1 Å². The molecule has 1 saturated heterocycles. The number of carboxylic acids is 1. The second kappa shape index (κ2) is 13.0. The number of aromatic carboxylic acids is 1. The molecular formula is C36H42N4O5. The van der Waals surface area contributed by atoms with Crippen molar-refractivity contribution in [3.8, 4) is 28.7 Å². The first-order chi connectivity index (χ1) is 21.7. The Morgan fingerprint density at radius 2 is 1.96 bits per heavy atom. The first kappa shape index (κ1) is 30.8. The Balaban J connectivity index is 1.17. The van der Waals surface area contributed by atoms with Crippen molar-refractivity contribution in [1.29, 1.82) is 0 Å². The van der Waals surface area contributed by atoms with Crippen LogP contribution in [0, 0.1) is 12.8 Å². The molecule has 1 atom stereocenters. The van der Waals surface area contributed by atoms with Crippen LogP contribution >= 0.6 is 0 Å². The van der Waals surface area contributed by atoms with E-state index in [-0.39, 0.29) is 17.0 Å². The summed E-state index contributed by atoms with van der Waals surface area (Å²) in [6, 6.07) is 18.3. The summed E-state index contributed by atoms with van der Waals surface area (Å²) >= 11 is 0. The highest BCUT2D eigenvalue weighted by atomic mass is 16.5. The van der Waals surface area contributed by atoms with Gasteiger partial charge in [-0.2, -0.15) is 9.78 Å². The Morgan fingerprint density at radius 1 is 1.11 bits per heavy atom. The first-order valence-electron chi connectivity index (χ1n) is 15.8. The molecule has 2 aromatic carbocycles. The van der Waals surface area contributed by atoms with Crippen molar-refractivity contribution >= 4 is 5.97 Å². The Bertz CT molecular complexity index is 1680. The van der Waals surface area contributed by atoms with E-state index in [9.17, 15) is 9.90 Å². The summed E-state index contributed by atoms with van der Waals surface area (Å²) in [5.41, 5.74) is 6.49. The Morgan fingerprint density at radius 3 is 2.76 bits per heavy atom. The number of rotatable bonds is 10. The molecular weight excluding hydrogens is 568 g/mol. The van der Waals surface area contributed by atoms with Gasteiger partial charge < -0.3 is 19.3 Å². The number of hydrogen-bond acceptors (Lipinski definition) is 7. The minimum absolute atomic E-state index is 0.00949. The van der Waals surface area contributed by atoms with Gasteiger partial charge in [0.1, 0.15) is 17.9 Å². The molecule has 1 fully saturated rings. The average molecular weight is 611 g/mol. The molecule has 1 N–H and O–H groups in total. The number of aromatic nitrogens is 3. The largest absolute Gasteiger partial charge is 0.488 e. The van der Waals surface area contributed by atoms with Crippen LogP contribution in [0.3, 0.4) is 0 Å². The lowest BCUT2D eigenvalue weighted by Crippen LogP contribution is -2.41. The smallest absolute Gasteiger partial charge is 0.342 e. The van der Waals surface area contributed by atoms with E-state index in [0.717, 1.165) is 67.9 Å². The van der Waals surface area contributed by atoms with E-state index in [2.05, 4.69) is 42.0 Å². The van der Waals surface area contributed by atoms with Gasteiger partial charge in [0.25, 0.3) is 0 Å². The van der Waals surface area contributed by atoms with Crippen LogP contribution < -0.4 is 9.47 Å². The van der Waals surface area contributed by atoms with E-state index in [1.54, 1.807) is 13.0 Å². The number of aryl methyl sites for hydroxylation is 1. The molecule has 9 heteroatoms.